The van der Waals surface area contributed by atoms with Crippen LogP contribution in [0.2, 0.25) is 0 Å². The third kappa shape index (κ3) is 3.66. The van der Waals surface area contributed by atoms with Gasteiger partial charge >= 0.3 is 5.97 Å². The molecule has 2 unspecified atom stereocenters. The molecule has 0 aliphatic heterocycles. The van der Waals surface area contributed by atoms with Gasteiger partial charge in [-0.15, -0.1) is 0 Å². The van der Waals surface area contributed by atoms with E-state index in [0.29, 0.717) is 6.42 Å². The van der Waals surface area contributed by atoms with Gasteiger partial charge in [0.25, 0.3) is 0 Å². The Hall–Kier alpha value is -1.35. The number of carbonyl (C=O) groups excluding carboxylic acids is 1. The smallest absolute Gasteiger partial charge is 0.305 e. The number of aliphatic hydroxyl groups is 1. The maximum atomic E-state index is 10.9. The molecule has 1 aromatic rings. The minimum Gasteiger partial charge on any atom is -0.469 e. The predicted molar refractivity (Wildman–Crippen MR) is 62.1 cm³/mol. The molecule has 0 fully saturated rings. The standard InChI is InChI=1S/C13H18O3/c1-10(11-6-4-3-5-7-11)12(14)8-9-13(15)16-2/h3-7,10,12,14H,8-9H2,1-2H3. The third-order valence-corrected chi connectivity index (χ3v) is 2.77. The summed E-state index contributed by atoms with van der Waals surface area (Å²) in [5, 5.41) is 9.91. The van der Waals surface area contributed by atoms with Gasteiger partial charge in [0.05, 0.1) is 13.2 Å². The first-order chi connectivity index (χ1) is 7.65. The van der Waals surface area contributed by atoms with Crippen LogP contribution in [-0.4, -0.2) is 24.3 Å². The largest absolute Gasteiger partial charge is 0.469 e. The Morgan fingerprint density at radius 1 is 1.38 bits per heavy atom. The number of ether oxygens (including phenoxy) is 1. The number of aliphatic hydroxyl groups excluding tert-OH is 1. The van der Waals surface area contributed by atoms with Crippen molar-refractivity contribution in [3.05, 3.63) is 35.9 Å². The second kappa shape index (κ2) is 6.28. The van der Waals surface area contributed by atoms with Gasteiger partial charge in [-0.05, 0) is 12.0 Å². The summed E-state index contributed by atoms with van der Waals surface area (Å²) < 4.78 is 4.54. The lowest BCUT2D eigenvalue weighted by molar-refractivity contribution is -0.141. The fourth-order valence-corrected chi connectivity index (χ4v) is 1.60. The molecule has 1 aromatic carbocycles. The Balaban J connectivity index is 2.48. The first-order valence-corrected chi connectivity index (χ1v) is 5.45. The molecule has 0 radical (unpaired) electrons. The number of hydrogen-bond donors (Lipinski definition) is 1. The molecular formula is C13H18O3. The Morgan fingerprint density at radius 3 is 2.56 bits per heavy atom. The van der Waals surface area contributed by atoms with Gasteiger partial charge in [-0.25, -0.2) is 0 Å². The van der Waals surface area contributed by atoms with Crippen LogP contribution in [0.1, 0.15) is 31.2 Å². The first-order valence-electron chi connectivity index (χ1n) is 5.45. The average molecular weight is 222 g/mol. The summed E-state index contributed by atoms with van der Waals surface area (Å²) >= 11 is 0. The van der Waals surface area contributed by atoms with Crippen molar-refractivity contribution in [3.8, 4) is 0 Å². The molecule has 0 heterocycles. The maximum absolute atomic E-state index is 10.9. The van der Waals surface area contributed by atoms with Crippen molar-refractivity contribution in [2.24, 2.45) is 0 Å². The molecule has 16 heavy (non-hydrogen) atoms. The summed E-state index contributed by atoms with van der Waals surface area (Å²) in [7, 11) is 1.36. The minimum absolute atomic E-state index is 0.0332. The highest BCUT2D eigenvalue weighted by molar-refractivity contribution is 5.69. The lowest BCUT2D eigenvalue weighted by atomic mass is 9.93. The molecule has 0 saturated heterocycles. The van der Waals surface area contributed by atoms with Gasteiger partial charge in [-0.2, -0.15) is 0 Å². The molecule has 0 spiro atoms. The number of rotatable bonds is 5. The van der Waals surface area contributed by atoms with Gasteiger partial charge in [0.1, 0.15) is 0 Å². The molecule has 0 bridgehead atoms. The fourth-order valence-electron chi connectivity index (χ4n) is 1.60. The van der Waals surface area contributed by atoms with E-state index in [2.05, 4.69) is 4.74 Å². The lowest BCUT2D eigenvalue weighted by Crippen LogP contribution is -2.17. The number of benzene rings is 1. The first kappa shape index (κ1) is 12.7. The highest BCUT2D eigenvalue weighted by Gasteiger charge is 2.17. The van der Waals surface area contributed by atoms with Gasteiger partial charge in [0, 0.05) is 12.3 Å². The quantitative estimate of drug-likeness (QED) is 0.776. The van der Waals surface area contributed by atoms with E-state index >= 15 is 0 Å². The normalized spacial score (nSPS) is 14.2. The van der Waals surface area contributed by atoms with E-state index in [4.69, 9.17) is 0 Å². The Kier molecular flexibility index (Phi) is 4.99. The second-order valence-corrected chi connectivity index (χ2v) is 3.88. The highest BCUT2D eigenvalue weighted by Crippen LogP contribution is 2.21. The fraction of sp³-hybridized carbons (Fsp3) is 0.462. The van der Waals surface area contributed by atoms with E-state index in [-0.39, 0.29) is 18.3 Å². The van der Waals surface area contributed by atoms with Gasteiger partial charge in [-0.1, -0.05) is 37.3 Å². The molecule has 3 heteroatoms. The zero-order chi connectivity index (χ0) is 12.0. The summed E-state index contributed by atoms with van der Waals surface area (Å²) in [4.78, 5) is 10.9. The lowest BCUT2D eigenvalue weighted by Gasteiger charge is -2.18. The molecule has 0 aromatic heterocycles. The summed E-state index contributed by atoms with van der Waals surface area (Å²) in [6.45, 7) is 1.96. The van der Waals surface area contributed by atoms with E-state index in [1.165, 1.54) is 7.11 Å². The monoisotopic (exact) mass is 222 g/mol. The van der Waals surface area contributed by atoms with Crippen molar-refractivity contribution in [1.29, 1.82) is 0 Å². The van der Waals surface area contributed by atoms with Crippen LogP contribution in [-0.2, 0) is 9.53 Å². The van der Waals surface area contributed by atoms with Crippen LogP contribution in [0, 0.1) is 0 Å². The van der Waals surface area contributed by atoms with Crippen LogP contribution < -0.4 is 0 Å². The van der Waals surface area contributed by atoms with Crippen LogP contribution in [0.3, 0.4) is 0 Å². The topological polar surface area (TPSA) is 46.5 Å². The van der Waals surface area contributed by atoms with Crippen LogP contribution in [0.4, 0.5) is 0 Å². The number of carbonyl (C=O) groups is 1. The minimum atomic E-state index is -0.513. The van der Waals surface area contributed by atoms with E-state index < -0.39 is 6.10 Å². The molecule has 1 rings (SSSR count). The van der Waals surface area contributed by atoms with E-state index in [1.54, 1.807) is 0 Å². The maximum Gasteiger partial charge on any atom is 0.305 e. The summed E-state index contributed by atoms with van der Waals surface area (Å²) in [5.74, 6) is -0.245. The van der Waals surface area contributed by atoms with Crippen LogP contribution in [0.5, 0.6) is 0 Å². The Morgan fingerprint density at radius 2 is 2.00 bits per heavy atom. The van der Waals surface area contributed by atoms with Gasteiger partial charge in [0.15, 0.2) is 0 Å². The van der Waals surface area contributed by atoms with Crippen molar-refractivity contribution < 1.29 is 14.6 Å². The number of methoxy groups -OCH3 is 1. The second-order valence-electron chi connectivity index (χ2n) is 3.88. The summed E-state index contributed by atoms with van der Waals surface area (Å²) in [6, 6.07) is 9.78. The van der Waals surface area contributed by atoms with Crippen molar-refractivity contribution in [2.75, 3.05) is 7.11 Å². The molecule has 88 valence electrons. The van der Waals surface area contributed by atoms with Gasteiger partial charge < -0.3 is 9.84 Å². The molecular weight excluding hydrogens is 204 g/mol. The van der Waals surface area contributed by atoms with Crippen LogP contribution in [0.15, 0.2) is 30.3 Å². The van der Waals surface area contributed by atoms with Crippen LogP contribution in [0.25, 0.3) is 0 Å². The van der Waals surface area contributed by atoms with E-state index in [1.807, 2.05) is 37.3 Å². The zero-order valence-electron chi connectivity index (χ0n) is 9.72. The molecule has 0 amide bonds. The van der Waals surface area contributed by atoms with Crippen molar-refractivity contribution >= 4 is 5.97 Å². The van der Waals surface area contributed by atoms with Gasteiger partial charge in [0.2, 0.25) is 0 Å². The molecule has 1 N–H and O–H groups in total. The van der Waals surface area contributed by atoms with Crippen molar-refractivity contribution in [3.63, 3.8) is 0 Å². The molecule has 0 aliphatic rings. The average Bonchev–Trinajstić information content (AvgIpc) is 2.35. The summed E-state index contributed by atoms with van der Waals surface area (Å²) in [6.07, 6.45) is 0.180. The van der Waals surface area contributed by atoms with E-state index in [9.17, 15) is 9.90 Å². The number of esters is 1. The zero-order valence-corrected chi connectivity index (χ0v) is 9.72. The van der Waals surface area contributed by atoms with Crippen LogP contribution >= 0.6 is 0 Å². The summed E-state index contributed by atoms with van der Waals surface area (Å²) in [5.41, 5.74) is 1.08. The number of hydrogen-bond acceptors (Lipinski definition) is 3. The molecule has 2 atom stereocenters. The Bertz CT molecular complexity index is 321. The SMILES string of the molecule is COC(=O)CCC(O)C(C)c1ccccc1. The Labute approximate surface area is 96.1 Å². The molecule has 0 aliphatic carbocycles. The van der Waals surface area contributed by atoms with E-state index in [0.717, 1.165) is 5.56 Å². The highest BCUT2D eigenvalue weighted by atomic mass is 16.5. The third-order valence-electron chi connectivity index (χ3n) is 2.77. The van der Waals surface area contributed by atoms with Crippen molar-refractivity contribution in [1.82, 2.24) is 0 Å². The predicted octanol–water partition coefficient (Wildman–Crippen LogP) is 2.10. The molecule has 0 saturated carbocycles. The molecule has 3 nitrogen and oxygen atoms in total. The van der Waals surface area contributed by atoms with Gasteiger partial charge in [-0.3, -0.25) is 4.79 Å². The van der Waals surface area contributed by atoms with Crippen molar-refractivity contribution in [2.45, 2.75) is 31.8 Å².